The predicted molar refractivity (Wildman–Crippen MR) is 190 cm³/mol. The summed E-state index contributed by atoms with van der Waals surface area (Å²) in [4.78, 5) is 3.46. The molecule has 0 saturated carbocycles. The van der Waals surface area contributed by atoms with Gasteiger partial charge in [-0.05, 0) is 109 Å². The molecule has 0 fully saturated rings. The lowest BCUT2D eigenvalue weighted by atomic mass is 9.90. The van der Waals surface area contributed by atoms with Crippen LogP contribution >= 0.6 is 0 Å². The first-order valence-corrected chi connectivity index (χ1v) is 18.2. The topological polar surface area (TPSA) is 121 Å². The molecule has 0 heterocycles. The van der Waals surface area contributed by atoms with Crippen LogP contribution in [0.5, 0.6) is 0 Å². The van der Waals surface area contributed by atoms with E-state index in [1.807, 2.05) is 90.8 Å². The first-order chi connectivity index (χ1) is 22.8. The predicted octanol–water partition coefficient (Wildman–Crippen LogP) is 6.79. The Morgan fingerprint density at radius 2 is 1.08 bits per heavy atom. The molecule has 0 atom stereocenters. The van der Waals surface area contributed by atoms with Gasteiger partial charge in [-0.2, -0.15) is 8.42 Å². The van der Waals surface area contributed by atoms with E-state index >= 15 is 0 Å². The van der Waals surface area contributed by atoms with Gasteiger partial charge < -0.3 is 14.4 Å². The number of hydrogen-bond donors (Lipinski definition) is 1. The normalized spacial score (nSPS) is 13.0. The number of rotatable bonds is 10. The summed E-state index contributed by atoms with van der Waals surface area (Å²) in [5.41, 5.74) is 7.93. The Labute approximate surface area is 282 Å². The largest absolute Gasteiger partial charge is 0.744 e. The molecule has 4 aromatic rings. The molecular weight excluding hydrogens is 647 g/mol. The summed E-state index contributed by atoms with van der Waals surface area (Å²) in [5, 5.41) is 0. The van der Waals surface area contributed by atoms with Gasteiger partial charge in [0.1, 0.15) is 24.2 Å². The molecule has 11 heteroatoms. The van der Waals surface area contributed by atoms with Crippen LogP contribution in [0.4, 0.5) is 22.7 Å². The van der Waals surface area contributed by atoms with Gasteiger partial charge in [-0.25, -0.2) is 13.0 Å². The van der Waals surface area contributed by atoms with Crippen molar-refractivity contribution in [3.05, 3.63) is 138 Å². The van der Waals surface area contributed by atoms with Gasteiger partial charge in [0.15, 0.2) is 5.71 Å². The Morgan fingerprint density at radius 1 is 0.646 bits per heavy atom. The summed E-state index contributed by atoms with van der Waals surface area (Å²) >= 11 is 0. The number of nitrogens with zero attached hydrogens (tertiary/aromatic N) is 3. The van der Waals surface area contributed by atoms with E-state index in [2.05, 4.69) is 24.3 Å². The number of anilines is 4. The molecule has 0 bridgehead atoms. The van der Waals surface area contributed by atoms with E-state index in [0.717, 1.165) is 39.4 Å². The standard InChI is InChI=1S/C37H37N3O6S2/c1-5-39(33-9-7-11-35(25-33)47(41,42)43)31-21-15-28(16-22-31)37(27-13-19-30(20-14-27)38(3)4)29-17-23-32(24-18-29)40(6-2)34-10-8-12-36(26-34)48(44,45)46/h7-26H,5-6H2,1-4H3,(H-,41,42,43,44,45,46). The van der Waals surface area contributed by atoms with Crippen LogP contribution in [0.1, 0.15) is 25.0 Å². The highest BCUT2D eigenvalue weighted by molar-refractivity contribution is 7.86. The molecule has 5 rings (SSSR count). The van der Waals surface area contributed by atoms with E-state index in [1.165, 1.54) is 24.3 Å². The molecule has 248 valence electrons. The second kappa shape index (κ2) is 14.1. The summed E-state index contributed by atoms with van der Waals surface area (Å²) in [7, 11) is -4.96. The van der Waals surface area contributed by atoms with Crippen LogP contribution in [0.15, 0.2) is 137 Å². The lowest BCUT2D eigenvalue weighted by Gasteiger charge is -2.25. The van der Waals surface area contributed by atoms with Crippen LogP contribution in [0, 0.1) is 0 Å². The number of benzene rings is 4. The number of hydrogen-bond acceptors (Lipinski definition) is 7. The van der Waals surface area contributed by atoms with Gasteiger partial charge in [0.05, 0.1) is 9.79 Å². The van der Waals surface area contributed by atoms with Gasteiger partial charge in [-0.3, -0.25) is 4.55 Å². The smallest absolute Gasteiger partial charge is 0.294 e. The van der Waals surface area contributed by atoms with Crippen molar-refractivity contribution in [3.8, 4) is 0 Å². The molecule has 1 N–H and O–H groups in total. The monoisotopic (exact) mass is 683 g/mol. The molecule has 0 amide bonds. The maximum Gasteiger partial charge on any atom is 0.294 e. The summed E-state index contributed by atoms with van der Waals surface area (Å²) in [6, 6.07) is 28.3. The zero-order valence-electron chi connectivity index (χ0n) is 27.1. The van der Waals surface area contributed by atoms with Crippen LogP contribution in [0.25, 0.3) is 5.57 Å². The Morgan fingerprint density at radius 3 is 1.48 bits per heavy atom. The number of allylic oxidation sites excluding steroid dienone is 5. The molecule has 0 unspecified atom stereocenters. The van der Waals surface area contributed by atoms with Gasteiger partial charge in [-0.15, -0.1) is 0 Å². The lowest BCUT2D eigenvalue weighted by molar-refractivity contribution is -0.462. The summed E-state index contributed by atoms with van der Waals surface area (Å²) in [6.07, 6.45) is 8.29. The fourth-order valence-corrected chi connectivity index (χ4v) is 6.72. The van der Waals surface area contributed by atoms with E-state index in [1.54, 1.807) is 24.3 Å². The highest BCUT2D eigenvalue weighted by Gasteiger charge is 2.17. The quantitative estimate of drug-likeness (QED) is 0.143. The Bertz CT molecular complexity index is 2020. The maximum atomic E-state index is 11.8. The third kappa shape index (κ3) is 7.66. The molecule has 0 aromatic heterocycles. The van der Waals surface area contributed by atoms with Crippen molar-refractivity contribution in [2.24, 2.45) is 0 Å². The van der Waals surface area contributed by atoms with Crippen molar-refractivity contribution in [2.45, 2.75) is 23.6 Å². The molecule has 0 saturated heterocycles. The zero-order valence-corrected chi connectivity index (χ0v) is 28.7. The molecule has 0 spiro atoms. The molecule has 1 aliphatic carbocycles. The highest BCUT2D eigenvalue weighted by Crippen LogP contribution is 2.35. The Hall–Kier alpha value is -4.81. The molecule has 4 aromatic carbocycles. The highest BCUT2D eigenvalue weighted by atomic mass is 32.2. The van der Waals surface area contributed by atoms with Crippen molar-refractivity contribution in [3.63, 3.8) is 0 Å². The summed E-state index contributed by atoms with van der Waals surface area (Å²) < 4.78 is 70.1. The van der Waals surface area contributed by atoms with Crippen molar-refractivity contribution >= 4 is 54.3 Å². The van der Waals surface area contributed by atoms with Gasteiger partial charge in [0.25, 0.3) is 10.1 Å². The van der Waals surface area contributed by atoms with E-state index in [4.69, 9.17) is 0 Å². The third-order valence-electron chi connectivity index (χ3n) is 8.09. The van der Waals surface area contributed by atoms with Gasteiger partial charge in [0, 0.05) is 48.0 Å². The van der Waals surface area contributed by atoms with Crippen molar-refractivity contribution in [1.29, 1.82) is 0 Å². The minimum absolute atomic E-state index is 0.167. The van der Waals surface area contributed by atoms with Gasteiger partial charge in [0.2, 0.25) is 0 Å². The summed E-state index contributed by atoms with van der Waals surface area (Å²) in [6.45, 7) is 5.04. The van der Waals surface area contributed by atoms with Crippen molar-refractivity contribution in [1.82, 2.24) is 0 Å². The molecule has 1 aliphatic rings. The van der Waals surface area contributed by atoms with E-state index < -0.39 is 20.2 Å². The third-order valence-corrected chi connectivity index (χ3v) is 9.77. The van der Waals surface area contributed by atoms with E-state index in [0.29, 0.717) is 24.5 Å². The molecule has 0 aliphatic heterocycles. The van der Waals surface area contributed by atoms with Crippen molar-refractivity contribution in [2.75, 3.05) is 37.0 Å². The average molecular weight is 684 g/mol. The lowest BCUT2D eigenvalue weighted by Crippen LogP contribution is -2.16. The van der Waals surface area contributed by atoms with Gasteiger partial charge in [-0.1, -0.05) is 36.4 Å². The minimum Gasteiger partial charge on any atom is -0.744 e. The second-order valence-electron chi connectivity index (χ2n) is 11.3. The van der Waals surface area contributed by atoms with Crippen LogP contribution in [-0.2, 0) is 20.2 Å². The van der Waals surface area contributed by atoms with Gasteiger partial charge >= 0.3 is 0 Å². The summed E-state index contributed by atoms with van der Waals surface area (Å²) in [5.74, 6) is 0. The first-order valence-electron chi connectivity index (χ1n) is 15.3. The fourth-order valence-electron chi connectivity index (χ4n) is 5.69. The van der Waals surface area contributed by atoms with Crippen LogP contribution in [0.2, 0.25) is 0 Å². The molecule has 9 nitrogen and oxygen atoms in total. The Balaban J connectivity index is 1.54. The SMILES string of the molecule is CCN(c1ccc(C(=C2C=CC(=[N+](C)C)C=C2)c2ccc(N(CC)c3cccc(S(=O)(=O)O)c3)cc2)cc1)c1cccc(S(=O)(=O)[O-])c1. The maximum absolute atomic E-state index is 11.8. The van der Waals surface area contributed by atoms with E-state index in [-0.39, 0.29) is 9.79 Å². The molecular formula is C37H37N3O6S2. The second-order valence-corrected chi connectivity index (χ2v) is 14.1. The Kier molecular flexibility index (Phi) is 10.2. The van der Waals surface area contributed by atoms with Crippen molar-refractivity contribution < 1.29 is 30.5 Å². The minimum atomic E-state index is -4.59. The van der Waals surface area contributed by atoms with Crippen LogP contribution in [-0.4, -0.2) is 63.4 Å². The average Bonchev–Trinajstić information content (AvgIpc) is 3.07. The van der Waals surface area contributed by atoms with E-state index in [9.17, 15) is 25.9 Å². The molecule has 0 radical (unpaired) electrons. The van der Waals surface area contributed by atoms with Crippen LogP contribution < -0.4 is 9.80 Å². The fraction of sp³-hybridized carbons (Fsp3) is 0.162. The molecule has 48 heavy (non-hydrogen) atoms. The van der Waals surface area contributed by atoms with Crippen LogP contribution in [0.3, 0.4) is 0 Å². The zero-order chi connectivity index (χ0) is 34.6. The first kappa shape index (κ1) is 34.5.